The Morgan fingerprint density at radius 1 is 1.41 bits per heavy atom. The number of rotatable bonds is 2. The van der Waals surface area contributed by atoms with Gasteiger partial charge in [0.25, 0.3) is 5.91 Å². The van der Waals surface area contributed by atoms with Gasteiger partial charge in [0.05, 0.1) is 9.38 Å². The molecule has 0 spiro atoms. The summed E-state index contributed by atoms with van der Waals surface area (Å²) in [6.45, 7) is 1.34. The number of nitrogens with zero attached hydrogens (tertiary/aromatic N) is 1. The monoisotopic (exact) mass is 399 g/mol. The van der Waals surface area contributed by atoms with Gasteiger partial charge in [-0.3, -0.25) is 9.69 Å². The van der Waals surface area contributed by atoms with Gasteiger partial charge in [-0.05, 0) is 52.5 Å². The zero-order valence-electron chi connectivity index (χ0n) is 11.6. The van der Waals surface area contributed by atoms with Gasteiger partial charge in [-0.2, -0.15) is 0 Å². The number of carbonyl (C=O) groups is 1. The molecule has 2 heterocycles. The van der Waals surface area contributed by atoms with Crippen LogP contribution in [0.4, 0.5) is 0 Å². The lowest BCUT2D eigenvalue weighted by Crippen LogP contribution is -2.42. The van der Waals surface area contributed by atoms with E-state index in [1.54, 1.807) is 23.1 Å². The Morgan fingerprint density at radius 3 is 2.82 bits per heavy atom. The molecule has 1 aromatic carbocycles. The quantitative estimate of drug-likeness (QED) is 0.608. The molecule has 0 saturated carbocycles. The minimum atomic E-state index is -0.0360. The third-order valence-corrected chi connectivity index (χ3v) is 5.61. The van der Waals surface area contributed by atoms with Gasteiger partial charge < -0.3 is 9.84 Å². The van der Waals surface area contributed by atoms with Crippen LogP contribution in [-0.4, -0.2) is 39.5 Å². The van der Waals surface area contributed by atoms with Gasteiger partial charge in [0.2, 0.25) is 0 Å². The van der Waals surface area contributed by atoms with Crippen LogP contribution in [0, 0.1) is 0 Å². The molecular weight excluding hydrogens is 386 g/mol. The maximum atomic E-state index is 12.6. The number of phenols is 1. The third kappa shape index (κ3) is 3.22. The van der Waals surface area contributed by atoms with Crippen molar-refractivity contribution in [1.29, 1.82) is 0 Å². The average Bonchev–Trinajstić information content (AvgIpc) is 2.78. The van der Waals surface area contributed by atoms with E-state index in [1.807, 2.05) is 6.08 Å². The highest BCUT2D eigenvalue weighted by Crippen LogP contribution is 2.36. The van der Waals surface area contributed by atoms with Crippen LogP contribution in [0.2, 0.25) is 0 Å². The molecule has 0 unspecified atom stereocenters. The number of amides is 1. The number of hydrogen-bond donors (Lipinski definition) is 1. The van der Waals surface area contributed by atoms with Crippen LogP contribution < -0.4 is 0 Å². The van der Waals surface area contributed by atoms with E-state index in [9.17, 15) is 9.90 Å². The lowest BCUT2D eigenvalue weighted by molar-refractivity contribution is -0.124. The Kier molecular flexibility index (Phi) is 4.87. The minimum absolute atomic E-state index is 0.0360. The molecule has 2 fully saturated rings. The highest BCUT2D eigenvalue weighted by atomic mass is 79.9. The molecule has 3 rings (SSSR count). The maximum Gasteiger partial charge on any atom is 0.266 e. The summed E-state index contributed by atoms with van der Waals surface area (Å²) in [5.41, 5.74) is 0.845. The van der Waals surface area contributed by atoms with Crippen molar-refractivity contribution in [2.75, 3.05) is 13.2 Å². The Hall–Kier alpha value is -0.890. The van der Waals surface area contributed by atoms with Gasteiger partial charge in [-0.15, -0.1) is 0 Å². The molecule has 1 amide bonds. The molecular formula is C15H14BrNO3S2. The summed E-state index contributed by atoms with van der Waals surface area (Å²) in [7, 11) is 0. The minimum Gasteiger partial charge on any atom is -0.507 e. The van der Waals surface area contributed by atoms with Gasteiger partial charge in [-0.1, -0.05) is 30.0 Å². The Labute approximate surface area is 146 Å². The average molecular weight is 400 g/mol. The van der Waals surface area contributed by atoms with E-state index in [0.29, 0.717) is 26.9 Å². The highest BCUT2D eigenvalue weighted by Gasteiger charge is 2.37. The SMILES string of the molecule is O=C1C(=Cc2ccc(O)c(Br)c2)SC(=S)N1C1CCOCC1. The van der Waals surface area contributed by atoms with E-state index in [0.717, 1.165) is 18.4 Å². The number of hydrogen-bond acceptors (Lipinski definition) is 5. The van der Waals surface area contributed by atoms with Crippen LogP contribution in [0.5, 0.6) is 5.75 Å². The molecule has 0 radical (unpaired) electrons. The standard InChI is InChI=1S/C15H14BrNO3S2/c16-11-7-9(1-2-12(11)18)8-13-14(19)17(15(21)22-13)10-3-5-20-6-4-10/h1-2,7-8,10,18H,3-6H2. The number of ether oxygens (including phenoxy) is 1. The Balaban J connectivity index is 1.83. The molecule has 2 aliphatic rings. The number of aromatic hydroxyl groups is 1. The molecule has 1 aromatic rings. The van der Waals surface area contributed by atoms with Gasteiger partial charge in [0.1, 0.15) is 10.1 Å². The van der Waals surface area contributed by atoms with Crippen molar-refractivity contribution in [2.24, 2.45) is 0 Å². The molecule has 0 aliphatic carbocycles. The van der Waals surface area contributed by atoms with Crippen LogP contribution in [0.1, 0.15) is 18.4 Å². The molecule has 2 saturated heterocycles. The summed E-state index contributed by atoms with van der Waals surface area (Å²) < 4.78 is 6.56. The number of phenolic OH excluding ortho intramolecular Hbond substituents is 1. The first kappa shape index (κ1) is 16.0. The maximum absolute atomic E-state index is 12.6. The van der Waals surface area contributed by atoms with E-state index in [-0.39, 0.29) is 17.7 Å². The molecule has 0 aromatic heterocycles. The number of halogens is 1. The predicted molar refractivity (Wildman–Crippen MR) is 94.7 cm³/mol. The van der Waals surface area contributed by atoms with Crippen molar-refractivity contribution in [3.05, 3.63) is 33.1 Å². The van der Waals surface area contributed by atoms with Crippen molar-refractivity contribution >= 4 is 56.2 Å². The summed E-state index contributed by atoms with van der Waals surface area (Å²) in [5, 5.41) is 9.53. The third-order valence-electron chi connectivity index (χ3n) is 3.65. The van der Waals surface area contributed by atoms with E-state index in [2.05, 4.69) is 15.9 Å². The molecule has 0 atom stereocenters. The summed E-state index contributed by atoms with van der Waals surface area (Å²) in [6, 6.07) is 5.27. The normalized spacial score (nSPS) is 21.9. The first-order chi connectivity index (χ1) is 10.6. The number of carbonyl (C=O) groups excluding carboxylic acids is 1. The molecule has 22 heavy (non-hydrogen) atoms. The van der Waals surface area contributed by atoms with Gasteiger partial charge in [0.15, 0.2) is 0 Å². The van der Waals surface area contributed by atoms with Crippen molar-refractivity contribution < 1.29 is 14.6 Å². The van der Waals surface area contributed by atoms with Crippen molar-refractivity contribution in [3.8, 4) is 5.75 Å². The molecule has 4 nitrogen and oxygen atoms in total. The summed E-state index contributed by atoms with van der Waals surface area (Å²) in [5.74, 6) is 0.137. The van der Waals surface area contributed by atoms with Crippen molar-refractivity contribution in [2.45, 2.75) is 18.9 Å². The van der Waals surface area contributed by atoms with E-state index in [1.165, 1.54) is 11.8 Å². The predicted octanol–water partition coefficient (Wildman–Crippen LogP) is 3.53. The van der Waals surface area contributed by atoms with Crippen LogP contribution in [0.3, 0.4) is 0 Å². The summed E-state index contributed by atoms with van der Waals surface area (Å²) >= 11 is 9.98. The zero-order valence-corrected chi connectivity index (χ0v) is 14.8. The second kappa shape index (κ2) is 6.70. The smallest absolute Gasteiger partial charge is 0.266 e. The Bertz CT molecular complexity index is 656. The van der Waals surface area contributed by atoms with E-state index in [4.69, 9.17) is 17.0 Å². The first-order valence-corrected chi connectivity index (χ1v) is 8.91. The second-order valence-electron chi connectivity index (χ2n) is 5.11. The van der Waals surface area contributed by atoms with Crippen LogP contribution in [0.25, 0.3) is 6.08 Å². The molecule has 7 heteroatoms. The van der Waals surface area contributed by atoms with Crippen LogP contribution >= 0.6 is 39.9 Å². The molecule has 1 N–H and O–H groups in total. The first-order valence-electron chi connectivity index (χ1n) is 6.89. The van der Waals surface area contributed by atoms with E-state index < -0.39 is 0 Å². The van der Waals surface area contributed by atoms with Gasteiger partial charge in [0, 0.05) is 19.3 Å². The van der Waals surface area contributed by atoms with Crippen molar-refractivity contribution in [3.63, 3.8) is 0 Å². The highest BCUT2D eigenvalue weighted by molar-refractivity contribution is 9.10. The number of thiocarbonyl (C=S) groups is 1. The number of benzene rings is 1. The van der Waals surface area contributed by atoms with E-state index >= 15 is 0 Å². The fraction of sp³-hybridized carbons (Fsp3) is 0.333. The van der Waals surface area contributed by atoms with Crippen LogP contribution in [-0.2, 0) is 9.53 Å². The fourth-order valence-electron chi connectivity index (χ4n) is 2.50. The second-order valence-corrected chi connectivity index (χ2v) is 7.64. The lowest BCUT2D eigenvalue weighted by Gasteiger charge is -2.29. The molecule has 2 aliphatic heterocycles. The largest absolute Gasteiger partial charge is 0.507 e. The lowest BCUT2D eigenvalue weighted by atomic mass is 10.1. The van der Waals surface area contributed by atoms with Crippen LogP contribution in [0.15, 0.2) is 27.6 Å². The topological polar surface area (TPSA) is 49.8 Å². The Morgan fingerprint density at radius 2 is 2.14 bits per heavy atom. The zero-order chi connectivity index (χ0) is 15.7. The van der Waals surface area contributed by atoms with Gasteiger partial charge >= 0.3 is 0 Å². The molecule has 0 bridgehead atoms. The molecule has 116 valence electrons. The summed E-state index contributed by atoms with van der Waals surface area (Å²) in [4.78, 5) is 15.0. The number of thioether (sulfide) groups is 1. The fourth-order valence-corrected chi connectivity index (χ4v) is 4.30. The van der Waals surface area contributed by atoms with Gasteiger partial charge in [-0.25, -0.2) is 0 Å². The summed E-state index contributed by atoms with van der Waals surface area (Å²) in [6.07, 6.45) is 3.46. The van der Waals surface area contributed by atoms with Crippen molar-refractivity contribution in [1.82, 2.24) is 4.90 Å².